The first kappa shape index (κ1) is 20.5. The van der Waals surface area contributed by atoms with Crippen LogP contribution in [0.15, 0.2) is 4.99 Å². The third-order valence-electron chi connectivity index (χ3n) is 3.35. The molecule has 24 heavy (non-hydrogen) atoms. The van der Waals surface area contributed by atoms with E-state index in [1.54, 1.807) is 7.05 Å². The van der Waals surface area contributed by atoms with Crippen molar-refractivity contribution in [3.8, 4) is 0 Å². The quantitative estimate of drug-likeness (QED) is 0.321. The first-order valence-electron chi connectivity index (χ1n) is 8.90. The lowest BCUT2D eigenvalue weighted by Crippen LogP contribution is -2.39. The molecular weight excluding hydrogens is 308 g/mol. The molecule has 0 saturated heterocycles. The predicted molar refractivity (Wildman–Crippen MR) is 96.4 cm³/mol. The maximum atomic E-state index is 11.5. The molecule has 1 saturated carbocycles. The van der Waals surface area contributed by atoms with Gasteiger partial charge in [-0.3, -0.25) is 4.99 Å². The van der Waals surface area contributed by atoms with E-state index in [0.717, 1.165) is 51.0 Å². The van der Waals surface area contributed by atoms with Crippen molar-refractivity contribution in [2.24, 2.45) is 10.9 Å². The second-order valence-corrected chi connectivity index (χ2v) is 7.08. The molecule has 0 aromatic rings. The number of nitrogens with zero attached hydrogens (tertiary/aromatic N) is 1. The Bertz CT molecular complexity index is 390. The number of ether oxygens (including phenoxy) is 2. The number of carbonyl (C=O) groups excluding carboxylic acids is 1. The highest BCUT2D eigenvalue weighted by atomic mass is 16.6. The van der Waals surface area contributed by atoms with Crippen molar-refractivity contribution in [2.45, 2.75) is 52.1 Å². The summed E-state index contributed by atoms with van der Waals surface area (Å²) >= 11 is 0. The largest absolute Gasteiger partial charge is 0.444 e. The van der Waals surface area contributed by atoms with Gasteiger partial charge >= 0.3 is 6.09 Å². The van der Waals surface area contributed by atoms with Crippen molar-refractivity contribution >= 4 is 12.1 Å². The maximum absolute atomic E-state index is 11.5. The fourth-order valence-electron chi connectivity index (χ4n) is 1.94. The minimum absolute atomic E-state index is 0.379. The number of nitrogens with one attached hydrogen (secondary N) is 3. The molecule has 1 rings (SSSR count). The van der Waals surface area contributed by atoms with Gasteiger partial charge in [-0.1, -0.05) is 0 Å². The van der Waals surface area contributed by atoms with Gasteiger partial charge in [0.1, 0.15) is 5.60 Å². The van der Waals surface area contributed by atoms with Gasteiger partial charge in [-0.25, -0.2) is 4.79 Å². The number of aliphatic imine (C=N–C) groups is 1. The monoisotopic (exact) mass is 342 g/mol. The zero-order valence-corrected chi connectivity index (χ0v) is 15.6. The molecule has 0 atom stereocenters. The van der Waals surface area contributed by atoms with Crippen molar-refractivity contribution in [2.75, 3.05) is 39.9 Å². The molecule has 0 heterocycles. The van der Waals surface area contributed by atoms with E-state index in [9.17, 15) is 4.79 Å². The number of carbonyl (C=O) groups is 1. The Hall–Kier alpha value is -1.50. The van der Waals surface area contributed by atoms with Crippen LogP contribution in [0.1, 0.15) is 46.5 Å². The third-order valence-corrected chi connectivity index (χ3v) is 3.35. The number of alkyl carbamates (subject to hydrolysis) is 1. The van der Waals surface area contributed by atoms with Crippen molar-refractivity contribution in [3.05, 3.63) is 0 Å². The second kappa shape index (κ2) is 11.1. The lowest BCUT2D eigenvalue weighted by Gasteiger charge is -2.19. The van der Waals surface area contributed by atoms with Crippen molar-refractivity contribution < 1.29 is 14.3 Å². The number of hydrogen-bond acceptors (Lipinski definition) is 4. The zero-order valence-electron chi connectivity index (χ0n) is 15.6. The minimum Gasteiger partial charge on any atom is -0.444 e. The van der Waals surface area contributed by atoms with E-state index in [-0.39, 0.29) is 6.09 Å². The van der Waals surface area contributed by atoms with Crippen LogP contribution in [-0.2, 0) is 9.47 Å². The smallest absolute Gasteiger partial charge is 0.407 e. The number of hydrogen-bond donors (Lipinski definition) is 3. The summed E-state index contributed by atoms with van der Waals surface area (Å²) in [6, 6.07) is 0. The highest BCUT2D eigenvalue weighted by Gasteiger charge is 2.20. The van der Waals surface area contributed by atoms with Gasteiger partial charge in [0.05, 0.1) is 0 Å². The predicted octanol–water partition coefficient (Wildman–Crippen LogP) is 1.88. The van der Waals surface area contributed by atoms with E-state index in [1.165, 1.54) is 12.8 Å². The molecule has 0 aromatic heterocycles. The Morgan fingerprint density at radius 3 is 2.29 bits per heavy atom. The van der Waals surface area contributed by atoms with Crippen LogP contribution in [0.2, 0.25) is 0 Å². The highest BCUT2D eigenvalue weighted by molar-refractivity contribution is 5.79. The summed E-state index contributed by atoms with van der Waals surface area (Å²) in [5.41, 5.74) is -0.462. The zero-order chi connectivity index (χ0) is 17.8. The van der Waals surface area contributed by atoms with E-state index in [0.29, 0.717) is 6.54 Å². The van der Waals surface area contributed by atoms with E-state index in [1.807, 2.05) is 20.8 Å². The summed E-state index contributed by atoms with van der Waals surface area (Å²) in [7, 11) is 1.75. The molecule has 1 aliphatic carbocycles. The summed E-state index contributed by atoms with van der Waals surface area (Å²) in [6.07, 6.45) is 4.05. The van der Waals surface area contributed by atoms with Crippen LogP contribution in [0.5, 0.6) is 0 Å². The van der Waals surface area contributed by atoms with Crippen molar-refractivity contribution in [3.63, 3.8) is 0 Å². The molecule has 0 aromatic carbocycles. The number of amides is 1. The van der Waals surface area contributed by atoms with Crippen LogP contribution in [0.3, 0.4) is 0 Å². The molecule has 1 fully saturated rings. The standard InChI is InChI=1S/C17H34N4O3/c1-17(2,3)24-16(22)21-10-5-9-19-15(18-4)20-11-6-12-23-13-14-7-8-14/h14H,5-13H2,1-4H3,(H,21,22)(H2,18,19,20). The molecule has 0 radical (unpaired) electrons. The first-order valence-corrected chi connectivity index (χ1v) is 8.90. The minimum atomic E-state index is -0.462. The molecular formula is C17H34N4O3. The average molecular weight is 342 g/mol. The van der Waals surface area contributed by atoms with Crippen molar-refractivity contribution in [1.29, 1.82) is 0 Å². The van der Waals surface area contributed by atoms with Gasteiger partial charge in [0.15, 0.2) is 5.96 Å². The Balaban J connectivity index is 1.94. The molecule has 140 valence electrons. The van der Waals surface area contributed by atoms with Gasteiger partial charge in [0.2, 0.25) is 0 Å². The summed E-state index contributed by atoms with van der Waals surface area (Å²) in [4.78, 5) is 15.7. The Morgan fingerprint density at radius 2 is 1.71 bits per heavy atom. The van der Waals surface area contributed by atoms with Gasteiger partial charge in [0.25, 0.3) is 0 Å². The van der Waals surface area contributed by atoms with Gasteiger partial charge < -0.3 is 25.4 Å². The summed E-state index contributed by atoms with van der Waals surface area (Å²) in [5.74, 6) is 1.59. The fourth-order valence-corrected chi connectivity index (χ4v) is 1.94. The normalized spacial score (nSPS) is 15.1. The summed E-state index contributed by atoms with van der Waals surface area (Å²) < 4.78 is 10.8. The molecule has 3 N–H and O–H groups in total. The van der Waals surface area contributed by atoms with Crippen LogP contribution in [-0.4, -0.2) is 57.5 Å². The van der Waals surface area contributed by atoms with E-state index >= 15 is 0 Å². The lowest BCUT2D eigenvalue weighted by molar-refractivity contribution is 0.0527. The molecule has 1 amide bonds. The third kappa shape index (κ3) is 12.0. The van der Waals surface area contributed by atoms with Crippen LogP contribution >= 0.6 is 0 Å². The molecule has 0 spiro atoms. The summed E-state index contributed by atoms with van der Waals surface area (Å²) in [6.45, 7) is 9.38. The van der Waals surface area contributed by atoms with Gasteiger partial charge in [-0.2, -0.15) is 0 Å². The second-order valence-electron chi connectivity index (χ2n) is 7.08. The molecule has 0 bridgehead atoms. The number of rotatable bonds is 10. The molecule has 0 unspecified atom stereocenters. The Morgan fingerprint density at radius 1 is 1.08 bits per heavy atom. The molecule has 7 nitrogen and oxygen atoms in total. The van der Waals surface area contributed by atoms with Gasteiger partial charge in [-0.05, 0) is 52.4 Å². The van der Waals surface area contributed by atoms with Gasteiger partial charge in [-0.15, -0.1) is 0 Å². The van der Waals surface area contributed by atoms with Gasteiger partial charge in [0, 0.05) is 39.9 Å². The van der Waals surface area contributed by atoms with Crippen LogP contribution in [0.25, 0.3) is 0 Å². The van der Waals surface area contributed by atoms with E-state index < -0.39 is 5.60 Å². The number of guanidine groups is 1. The molecule has 0 aliphatic heterocycles. The topological polar surface area (TPSA) is 84.0 Å². The Labute approximate surface area is 146 Å². The summed E-state index contributed by atoms with van der Waals surface area (Å²) in [5, 5.41) is 9.20. The van der Waals surface area contributed by atoms with Crippen LogP contribution < -0.4 is 16.0 Å². The highest BCUT2D eigenvalue weighted by Crippen LogP contribution is 2.28. The SMILES string of the molecule is CN=C(NCCCNC(=O)OC(C)(C)C)NCCCOCC1CC1. The fraction of sp³-hybridized carbons (Fsp3) is 0.882. The van der Waals surface area contributed by atoms with E-state index in [4.69, 9.17) is 9.47 Å². The van der Waals surface area contributed by atoms with Crippen LogP contribution in [0.4, 0.5) is 4.79 Å². The lowest BCUT2D eigenvalue weighted by atomic mass is 10.2. The molecule has 1 aliphatic rings. The molecule has 7 heteroatoms. The maximum Gasteiger partial charge on any atom is 0.407 e. The van der Waals surface area contributed by atoms with E-state index in [2.05, 4.69) is 20.9 Å². The first-order chi connectivity index (χ1) is 11.4. The average Bonchev–Trinajstić information content (AvgIpc) is 3.30. The van der Waals surface area contributed by atoms with Crippen LogP contribution in [0, 0.1) is 5.92 Å². The van der Waals surface area contributed by atoms with Crippen molar-refractivity contribution in [1.82, 2.24) is 16.0 Å². The Kier molecular flexibility index (Phi) is 9.52.